The number of rotatable bonds is 6. The van der Waals surface area contributed by atoms with Gasteiger partial charge in [0.25, 0.3) is 5.91 Å². The van der Waals surface area contributed by atoms with Crippen LogP contribution in [-0.2, 0) is 0 Å². The third kappa shape index (κ3) is 4.92. The van der Waals surface area contributed by atoms with Gasteiger partial charge in [0.2, 0.25) is 0 Å². The summed E-state index contributed by atoms with van der Waals surface area (Å²) in [5.41, 5.74) is 5.45. The van der Waals surface area contributed by atoms with Crippen molar-refractivity contribution in [2.75, 3.05) is 6.61 Å². The molecule has 136 valence electrons. The number of carbonyl (C=O) groups is 1. The van der Waals surface area contributed by atoms with E-state index in [4.69, 9.17) is 4.74 Å². The lowest BCUT2D eigenvalue weighted by Gasteiger charge is -2.11. The van der Waals surface area contributed by atoms with Crippen LogP contribution in [0, 0.1) is 6.92 Å². The van der Waals surface area contributed by atoms with Crippen molar-refractivity contribution < 1.29 is 14.6 Å². The molecule has 0 aliphatic rings. The van der Waals surface area contributed by atoms with E-state index in [9.17, 15) is 9.90 Å². The Morgan fingerprint density at radius 1 is 1.04 bits per heavy atom. The van der Waals surface area contributed by atoms with Gasteiger partial charge in [-0.25, -0.2) is 5.43 Å². The quantitative estimate of drug-likeness (QED) is 0.521. The summed E-state index contributed by atoms with van der Waals surface area (Å²) in [6, 6.07) is 17.6. The monoisotopic (exact) mass is 361 g/mol. The maximum atomic E-state index is 12.2. The molecule has 0 fully saturated rings. The number of para-hydroxylation sites is 2. The molecule has 0 radical (unpaired) electrons. The minimum Gasteiger partial charge on any atom is -0.504 e. The van der Waals surface area contributed by atoms with Crippen molar-refractivity contribution >= 4 is 11.6 Å². The molecule has 1 amide bonds. The molecular weight excluding hydrogens is 342 g/mol. The molecule has 1 aromatic heterocycles. The number of nitrogens with one attached hydrogen (secondary N) is 1. The van der Waals surface area contributed by atoms with Crippen LogP contribution in [0.2, 0.25) is 0 Å². The van der Waals surface area contributed by atoms with Gasteiger partial charge in [-0.3, -0.25) is 9.78 Å². The van der Waals surface area contributed by atoms with Crippen LogP contribution < -0.4 is 10.2 Å². The predicted octanol–water partition coefficient (Wildman–Crippen LogP) is 3.31. The van der Waals surface area contributed by atoms with E-state index in [0.29, 0.717) is 17.0 Å². The van der Waals surface area contributed by atoms with Gasteiger partial charge in [0, 0.05) is 23.5 Å². The summed E-state index contributed by atoms with van der Waals surface area (Å²) in [6.45, 7) is 2.07. The molecule has 6 heteroatoms. The SMILES string of the molecule is Cc1ccc(/C(COc2ccccc2O)=N\NC(=O)c2ccncc2)cc1. The van der Waals surface area contributed by atoms with Gasteiger partial charge in [0.05, 0.1) is 0 Å². The Hall–Kier alpha value is -3.67. The lowest BCUT2D eigenvalue weighted by Crippen LogP contribution is -2.23. The molecule has 0 aliphatic heterocycles. The van der Waals surface area contributed by atoms with E-state index in [2.05, 4.69) is 15.5 Å². The van der Waals surface area contributed by atoms with Gasteiger partial charge in [-0.05, 0) is 31.2 Å². The molecule has 3 rings (SSSR count). The summed E-state index contributed by atoms with van der Waals surface area (Å²) < 4.78 is 5.68. The third-order valence-electron chi connectivity index (χ3n) is 3.85. The van der Waals surface area contributed by atoms with Gasteiger partial charge >= 0.3 is 0 Å². The molecule has 6 nitrogen and oxygen atoms in total. The maximum absolute atomic E-state index is 12.2. The lowest BCUT2D eigenvalue weighted by molar-refractivity contribution is 0.0954. The van der Waals surface area contributed by atoms with Crippen LogP contribution in [0.1, 0.15) is 21.5 Å². The number of phenolic OH excluding ortho intramolecular Hbond substituents is 1. The van der Waals surface area contributed by atoms with Crippen LogP contribution >= 0.6 is 0 Å². The van der Waals surface area contributed by atoms with Gasteiger partial charge in [-0.15, -0.1) is 0 Å². The number of carbonyl (C=O) groups excluding carboxylic acids is 1. The molecule has 0 bridgehead atoms. The number of hydrogen-bond acceptors (Lipinski definition) is 5. The lowest BCUT2D eigenvalue weighted by atomic mass is 10.1. The standard InChI is InChI=1S/C21H19N3O3/c1-15-6-8-16(9-7-15)18(14-27-20-5-3-2-4-19(20)25)23-24-21(26)17-10-12-22-13-11-17/h2-13,25H,14H2,1H3,(H,24,26)/b23-18-. The number of nitrogens with zero attached hydrogens (tertiary/aromatic N) is 2. The molecule has 27 heavy (non-hydrogen) atoms. The predicted molar refractivity (Wildman–Crippen MR) is 103 cm³/mol. The molecule has 0 atom stereocenters. The molecule has 1 heterocycles. The number of aromatic hydroxyl groups is 1. The minimum absolute atomic E-state index is 0.0431. The highest BCUT2D eigenvalue weighted by Gasteiger charge is 2.10. The fourth-order valence-electron chi connectivity index (χ4n) is 2.34. The number of hydrazone groups is 1. The van der Waals surface area contributed by atoms with Crippen LogP contribution in [0.4, 0.5) is 0 Å². The average molecular weight is 361 g/mol. The highest BCUT2D eigenvalue weighted by Crippen LogP contribution is 2.24. The zero-order chi connectivity index (χ0) is 19.1. The van der Waals surface area contributed by atoms with E-state index in [1.807, 2.05) is 31.2 Å². The highest BCUT2D eigenvalue weighted by atomic mass is 16.5. The van der Waals surface area contributed by atoms with Gasteiger partial charge < -0.3 is 9.84 Å². The smallest absolute Gasteiger partial charge is 0.271 e. The van der Waals surface area contributed by atoms with Crippen molar-refractivity contribution in [3.8, 4) is 11.5 Å². The average Bonchev–Trinajstić information content (AvgIpc) is 2.70. The molecule has 3 aromatic rings. The van der Waals surface area contributed by atoms with Crippen molar-refractivity contribution in [2.45, 2.75) is 6.92 Å². The Kier molecular flexibility index (Phi) is 5.79. The minimum atomic E-state index is -0.343. The Balaban J connectivity index is 1.80. The van der Waals surface area contributed by atoms with E-state index in [1.54, 1.807) is 48.8 Å². The molecule has 0 aliphatic carbocycles. The molecule has 2 N–H and O–H groups in total. The second-order valence-electron chi connectivity index (χ2n) is 5.86. The molecular formula is C21H19N3O3. The third-order valence-corrected chi connectivity index (χ3v) is 3.85. The number of pyridine rings is 1. The maximum Gasteiger partial charge on any atom is 0.271 e. The number of benzene rings is 2. The fourth-order valence-corrected chi connectivity index (χ4v) is 2.34. The Morgan fingerprint density at radius 3 is 2.44 bits per heavy atom. The second-order valence-corrected chi connectivity index (χ2v) is 5.86. The van der Waals surface area contributed by atoms with E-state index < -0.39 is 0 Å². The second kappa shape index (κ2) is 8.62. The van der Waals surface area contributed by atoms with Crippen molar-refractivity contribution in [2.24, 2.45) is 5.10 Å². The summed E-state index contributed by atoms with van der Waals surface area (Å²) in [4.78, 5) is 16.1. The first-order chi connectivity index (χ1) is 13.1. The molecule has 0 saturated heterocycles. The summed E-state index contributed by atoms with van der Waals surface area (Å²) >= 11 is 0. The first-order valence-corrected chi connectivity index (χ1v) is 8.38. The van der Waals surface area contributed by atoms with Crippen molar-refractivity contribution in [1.29, 1.82) is 0 Å². The molecule has 0 spiro atoms. The van der Waals surface area contributed by atoms with Crippen LogP contribution in [0.5, 0.6) is 11.5 Å². The first kappa shape index (κ1) is 18.1. The zero-order valence-electron chi connectivity index (χ0n) is 14.8. The number of aryl methyl sites for hydroxylation is 1. The van der Waals surface area contributed by atoms with E-state index in [1.165, 1.54) is 0 Å². The number of ether oxygens (including phenoxy) is 1. The Labute approximate surface area is 157 Å². The van der Waals surface area contributed by atoms with Gasteiger partial charge in [-0.1, -0.05) is 42.0 Å². The van der Waals surface area contributed by atoms with Gasteiger partial charge in [0.1, 0.15) is 12.3 Å². The summed E-state index contributed by atoms with van der Waals surface area (Å²) in [6.07, 6.45) is 3.08. The Bertz CT molecular complexity index is 938. The van der Waals surface area contributed by atoms with E-state index in [0.717, 1.165) is 11.1 Å². The van der Waals surface area contributed by atoms with Crippen LogP contribution in [-0.4, -0.2) is 28.3 Å². The van der Waals surface area contributed by atoms with Crippen LogP contribution in [0.15, 0.2) is 78.2 Å². The van der Waals surface area contributed by atoms with E-state index in [-0.39, 0.29) is 18.3 Å². The van der Waals surface area contributed by atoms with Crippen LogP contribution in [0.3, 0.4) is 0 Å². The zero-order valence-corrected chi connectivity index (χ0v) is 14.8. The van der Waals surface area contributed by atoms with Gasteiger partial charge in [-0.2, -0.15) is 5.10 Å². The number of phenols is 1. The molecule has 0 unspecified atom stereocenters. The first-order valence-electron chi connectivity index (χ1n) is 8.38. The highest BCUT2D eigenvalue weighted by molar-refractivity contribution is 6.03. The normalized spacial score (nSPS) is 11.1. The van der Waals surface area contributed by atoms with Crippen LogP contribution in [0.25, 0.3) is 0 Å². The Morgan fingerprint density at radius 2 is 1.74 bits per heavy atom. The molecule has 0 saturated carbocycles. The summed E-state index contributed by atoms with van der Waals surface area (Å²) in [7, 11) is 0. The van der Waals surface area contributed by atoms with Crippen molar-refractivity contribution in [1.82, 2.24) is 10.4 Å². The van der Waals surface area contributed by atoms with Crippen molar-refractivity contribution in [3.63, 3.8) is 0 Å². The van der Waals surface area contributed by atoms with Crippen molar-refractivity contribution in [3.05, 3.63) is 89.7 Å². The largest absolute Gasteiger partial charge is 0.504 e. The fraction of sp³-hybridized carbons (Fsp3) is 0.0952. The summed E-state index contributed by atoms with van der Waals surface area (Å²) in [5.74, 6) is 0.0453. The van der Waals surface area contributed by atoms with E-state index >= 15 is 0 Å². The number of aromatic nitrogens is 1. The van der Waals surface area contributed by atoms with Gasteiger partial charge in [0.15, 0.2) is 11.5 Å². The topological polar surface area (TPSA) is 83.8 Å². The number of hydrogen-bond donors (Lipinski definition) is 2. The number of amides is 1. The summed E-state index contributed by atoms with van der Waals surface area (Å²) in [5, 5.41) is 14.1. The molecule has 2 aromatic carbocycles.